The Hall–Kier alpha value is -0.560. The molecule has 0 saturated carbocycles. The Morgan fingerprint density at radius 2 is 2.27 bits per heavy atom. The van der Waals surface area contributed by atoms with Crippen molar-refractivity contribution in [3.05, 3.63) is 23.3 Å². The van der Waals surface area contributed by atoms with Crippen molar-refractivity contribution < 1.29 is 5.11 Å². The minimum atomic E-state index is 0.218. The molecule has 0 bridgehead atoms. The van der Waals surface area contributed by atoms with Gasteiger partial charge >= 0.3 is 0 Å². The van der Waals surface area contributed by atoms with E-state index in [1.807, 2.05) is 0 Å². The van der Waals surface area contributed by atoms with Crippen molar-refractivity contribution in [2.24, 2.45) is 11.3 Å². The van der Waals surface area contributed by atoms with E-state index in [0.29, 0.717) is 11.3 Å². The Balaban J connectivity index is 2.59. The van der Waals surface area contributed by atoms with Crippen molar-refractivity contribution in [1.82, 2.24) is 0 Å². The van der Waals surface area contributed by atoms with Gasteiger partial charge in [0.2, 0.25) is 0 Å². The van der Waals surface area contributed by atoms with Crippen molar-refractivity contribution in [2.75, 3.05) is 6.61 Å². The Bertz CT molecular complexity index is 265. The van der Waals surface area contributed by atoms with Crippen molar-refractivity contribution in [3.8, 4) is 0 Å². The minimum Gasteiger partial charge on any atom is -0.392 e. The van der Waals surface area contributed by atoms with Gasteiger partial charge in [-0.05, 0) is 43.1 Å². The summed E-state index contributed by atoms with van der Waals surface area (Å²) in [5.41, 5.74) is 3.03. The van der Waals surface area contributed by atoms with Crippen LogP contribution >= 0.6 is 0 Å². The number of hydrogen-bond acceptors (Lipinski definition) is 1. The van der Waals surface area contributed by atoms with Gasteiger partial charge in [-0.15, -0.1) is 0 Å². The molecule has 0 radical (unpaired) electrons. The van der Waals surface area contributed by atoms with E-state index in [1.165, 1.54) is 17.6 Å². The first-order valence-corrected chi connectivity index (χ1v) is 5.98. The normalized spacial score (nSPS) is 25.5. The van der Waals surface area contributed by atoms with Crippen LogP contribution in [0.5, 0.6) is 0 Å². The summed E-state index contributed by atoms with van der Waals surface area (Å²) in [4.78, 5) is 0. The Morgan fingerprint density at radius 1 is 1.60 bits per heavy atom. The first-order chi connectivity index (χ1) is 7.02. The third kappa shape index (κ3) is 2.72. The lowest BCUT2D eigenvalue weighted by atomic mass is 9.76. The molecule has 1 heteroatoms. The molecule has 0 amide bonds. The van der Waals surface area contributed by atoms with Crippen LogP contribution in [0, 0.1) is 11.3 Å². The molecule has 1 nitrogen and oxygen atoms in total. The van der Waals surface area contributed by atoms with Gasteiger partial charge in [-0.25, -0.2) is 0 Å². The summed E-state index contributed by atoms with van der Waals surface area (Å²) in [6.07, 6.45) is 7.86. The summed E-state index contributed by atoms with van der Waals surface area (Å²) < 4.78 is 0. The summed E-state index contributed by atoms with van der Waals surface area (Å²) in [6.45, 7) is 9.21. The fourth-order valence-electron chi connectivity index (χ4n) is 2.22. The largest absolute Gasteiger partial charge is 0.392 e. The lowest BCUT2D eigenvalue weighted by Gasteiger charge is -2.29. The summed E-state index contributed by atoms with van der Waals surface area (Å²) in [6, 6.07) is 0. The van der Waals surface area contributed by atoms with Crippen LogP contribution in [0.4, 0.5) is 0 Å². The van der Waals surface area contributed by atoms with Gasteiger partial charge in [-0.3, -0.25) is 0 Å². The van der Waals surface area contributed by atoms with Gasteiger partial charge in [0.1, 0.15) is 0 Å². The van der Waals surface area contributed by atoms with Crippen molar-refractivity contribution >= 4 is 0 Å². The van der Waals surface area contributed by atoms with Gasteiger partial charge in [-0.1, -0.05) is 38.5 Å². The molecule has 1 rings (SSSR count). The smallest absolute Gasteiger partial charge is 0.0641 e. The van der Waals surface area contributed by atoms with E-state index in [9.17, 15) is 0 Å². The fraction of sp³-hybridized carbons (Fsp3) is 0.714. The van der Waals surface area contributed by atoms with Crippen LogP contribution in [0.3, 0.4) is 0 Å². The second-order valence-corrected chi connectivity index (χ2v) is 5.15. The average Bonchev–Trinajstić information content (AvgIpc) is 2.45. The zero-order chi connectivity index (χ0) is 11.5. The Morgan fingerprint density at radius 3 is 2.67 bits per heavy atom. The summed E-state index contributed by atoms with van der Waals surface area (Å²) in [7, 11) is 0. The van der Waals surface area contributed by atoms with Gasteiger partial charge in [-0.2, -0.15) is 0 Å². The molecule has 86 valence electrons. The number of hydrogen-bond donors (Lipinski definition) is 1. The van der Waals surface area contributed by atoms with E-state index >= 15 is 0 Å². The second-order valence-electron chi connectivity index (χ2n) is 5.15. The maximum atomic E-state index is 9.10. The van der Waals surface area contributed by atoms with Crippen molar-refractivity contribution in [2.45, 2.75) is 47.0 Å². The average molecular weight is 208 g/mol. The molecule has 0 heterocycles. The zero-order valence-electron chi connectivity index (χ0n) is 10.5. The molecular weight excluding hydrogens is 184 g/mol. The summed E-state index contributed by atoms with van der Waals surface area (Å²) in [5, 5.41) is 9.10. The highest BCUT2D eigenvalue weighted by atomic mass is 16.3. The quantitative estimate of drug-likeness (QED) is 0.698. The summed E-state index contributed by atoms with van der Waals surface area (Å²) in [5.74, 6) is 0.714. The van der Waals surface area contributed by atoms with Crippen LogP contribution in [0.2, 0.25) is 0 Å². The zero-order valence-corrected chi connectivity index (χ0v) is 10.5. The number of rotatable bonds is 4. The molecule has 0 spiro atoms. The van der Waals surface area contributed by atoms with Crippen LogP contribution in [0.15, 0.2) is 23.3 Å². The molecule has 0 aromatic carbocycles. The predicted molar refractivity (Wildman–Crippen MR) is 65.7 cm³/mol. The van der Waals surface area contributed by atoms with E-state index in [0.717, 1.165) is 12.8 Å². The van der Waals surface area contributed by atoms with Gasteiger partial charge in [0, 0.05) is 0 Å². The monoisotopic (exact) mass is 208 g/mol. The van der Waals surface area contributed by atoms with Gasteiger partial charge < -0.3 is 5.11 Å². The first-order valence-electron chi connectivity index (χ1n) is 5.98. The minimum absolute atomic E-state index is 0.218. The molecule has 0 aromatic rings. The molecule has 0 fully saturated rings. The topological polar surface area (TPSA) is 20.2 Å². The van der Waals surface area contributed by atoms with Crippen LogP contribution in [0.25, 0.3) is 0 Å². The predicted octanol–water partition coefficient (Wildman–Crippen LogP) is 3.70. The summed E-state index contributed by atoms with van der Waals surface area (Å²) >= 11 is 0. The Kier molecular flexibility index (Phi) is 4.15. The molecule has 1 N–H and O–H groups in total. The van der Waals surface area contributed by atoms with Crippen molar-refractivity contribution in [1.29, 1.82) is 0 Å². The van der Waals surface area contributed by atoms with E-state index in [1.54, 1.807) is 0 Å². The van der Waals surface area contributed by atoms with E-state index < -0.39 is 0 Å². The lowest BCUT2D eigenvalue weighted by Crippen LogP contribution is -2.19. The van der Waals surface area contributed by atoms with Crippen LogP contribution < -0.4 is 0 Å². The highest BCUT2D eigenvalue weighted by molar-refractivity contribution is 5.19. The number of allylic oxidation sites excluding steroid dienone is 3. The molecule has 1 atom stereocenters. The molecule has 15 heavy (non-hydrogen) atoms. The third-order valence-corrected chi connectivity index (χ3v) is 4.09. The fourth-order valence-corrected chi connectivity index (χ4v) is 2.22. The molecule has 0 unspecified atom stereocenters. The number of aliphatic hydroxyl groups excluding tert-OH is 1. The second kappa shape index (κ2) is 4.98. The van der Waals surface area contributed by atoms with Crippen LogP contribution in [-0.4, -0.2) is 11.7 Å². The van der Waals surface area contributed by atoms with E-state index in [4.69, 9.17) is 5.11 Å². The maximum Gasteiger partial charge on any atom is 0.0641 e. The lowest BCUT2D eigenvalue weighted by molar-refractivity contribution is 0.291. The highest BCUT2D eigenvalue weighted by Crippen LogP contribution is 2.44. The van der Waals surface area contributed by atoms with Crippen LogP contribution in [0.1, 0.15) is 47.0 Å². The van der Waals surface area contributed by atoms with Crippen molar-refractivity contribution in [3.63, 3.8) is 0 Å². The Labute approximate surface area is 93.9 Å². The highest BCUT2D eigenvalue weighted by Gasteiger charge is 2.33. The molecule has 1 aliphatic carbocycles. The maximum absolute atomic E-state index is 9.10. The molecule has 1 aliphatic rings. The first kappa shape index (κ1) is 12.5. The van der Waals surface area contributed by atoms with E-state index in [-0.39, 0.29) is 6.61 Å². The van der Waals surface area contributed by atoms with Crippen LogP contribution in [-0.2, 0) is 0 Å². The molecule has 0 aliphatic heterocycles. The van der Waals surface area contributed by atoms with Gasteiger partial charge in [0.05, 0.1) is 6.61 Å². The van der Waals surface area contributed by atoms with Gasteiger partial charge in [0.15, 0.2) is 0 Å². The molecule has 0 saturated heterocycles. The number of aliphatic hydroxyl groups is 1. The third-order valence-electron chi connectivity index (χ3n) is 4.09. The molecular formula is C14H24O. The molecule has 0 aromatic heterocycles. The van der Waals surface area contributed by atoms with Gasteiger partial charge in [0.25, 0.3) is 0 Å². The van der Waals surface area contributed by atoms with E-state index in [2.05, 4.69) is 39.8 Å². The SMILES string of the molecule is CC/C(=C\C[C@H]1CC=C(C)C1(C)C)CO. The standard InChI is InChI=1S/C14H24O/c1-5-12(10-15)7-9-13-8-6-11(2)14(13,3)4/h6-7,13,15H,5,8-10H2,1-4H3/b12-7+/t13-/m1/s1.